The van der Waals surface area contributed by atoms with Crippen LogP contribution < -0.4 is 0 Å². The highest BCUT2D eigenvalue weighted by atomic mass is 16.5. The summed E-state index contributed by atoms with van der Waals surface area (Å²) >= 11 is 0. The first kappa shape index (κ1) is 9.53. The third kappa shape index (κ3) is 3.72. The molecule has 1 rings (SSSR count). The summed E-state index contributed by atoms with van der Waals surface area (Å²) in [5.74, 6) is 0. The van der Waals surface area contributed by atoms with Crippen LogP contribution in [0.4, 0.5) is 0 Å². The zero-order chi connectivity index (χ0) is 8.65. The molecule has 0 aliphatic heterocycles. The monoisotopic (exact) mass is 166 g/mol. The van der Waals surface area contributed by atoms with E-state index in [0.717, 1.165) is 13.2 Å². The number of ether oxygens (including phenoxy) is 1. The molecule has 1 aliphatic carbocycles. The Balaban J connectivity index is 2.09. The summed E-state index contributed by atoms with van der Waals surface area (Å²) in [6, 6.07) is 0. The molecular weight excluding hydrogens is 148 g/mol. The van der Waals surface area contributed by atoms with Crippen molar-refractivity contribution in [3.05, 3.63) is 23.8 Å². The van der Waals surface area contributed by atoms with E-state index in [0.29, 0.717) is 0 Å². The zero-order valence-corrected chi connectivity index (χ0v) is 7.88. The Morgan fingerprint density at radius 1 is 1.50 bits per heavy atom. The van der Waals surface area contributed by atoms with Crippen molar-refractivity contribution < 1.29 is 4.74 Å². The Labute approximate surface area is 75.1 Å². The van der Waals surface area contributed by atoms with Crippen LogP contribution in [0.5, 0.6) is 0 Å². The van der Waals surface area contributed by atoms with Crippen molar-refractivity contribution in [3.8, 4) is 0 Å². The van der Waals surface area contributed by atoms with E-state index in [1.54, 1.807) is 0 Å². The molecule has 0 saturated heterocycles. The minimum Gasteiger partial charge on any atom is -0.373 e. The Morgan fingerprint density at radius 3 is 3.08 bits per heavy atom. The van der Waals surface area contributed by atoms with Crippen molar-refractivity contribution in [1.29, 1.82) is 0 Å². The second kappa shape index (κ2) is 6.01. The fraction of sp³-hybridized carbons (Fsp3) is 0.636. The predicted octanol–water partition coefficient (Wildman–Crippen LogP) is 3.08. The molecular formula is C11H18O. The molecule has 0 unspecified atom stereocenters. The Bertz CT molecular complexity index is 168. The highest BCUT2D eigenvalue weighted by molar-refractivity contribution is 5.05. The summed E-state index contributed by atoms with van der Waals surface area (Å²) in [5, 5.41) is 0. The molecule has 0 bridgehead atoms. The summed E-state index contributed by atoms with van der Waals surface area (Å²) in [6.07, 6.45) is 11.6. The van der Waals surface area contributed by atoms with Gasteiger partial charge in [-0.15, -0.1) is 0 Å². The van der Waals surface area contributed by atoms with Gasteiger partial charge >= 0.3 is 0 Å². The quantitative estimate of drug-likeness (QED) is 0.460. The van der Waals surface area contributed by atoms with Crippen LogP contribution in [0.1, 0.15) is 32.6 Å². The van der Waals surface area contributed by atoms with Crippen molar-refractivity contribution >= 4 is 0 Å². The Hall–Kier alpha value is -0.560. The van der Waals surface area contributed by atoms with Crippen LogP contribution in [0.25, 0.3) is 0 Å². The van der Waals surface area contributed by atoms with Gasteiger partial charge < -0.3 is 4.74 Å². The maximum absolute atomic E-state index is 5.46. The van der Waals surface area contributed by atoms with Gasteiger partial charge in [0.1, 0.15) is 0 Å². The van der Waals surface area contributed by atoms with Gasteiger partial charge in [-0.1, -0.05) is 18.2 Å². The zero-order valence-electron chi connectivity index (χ0n) is 7.88. The van der Waals surface area contributed by atoms with Crippen molar-refractivity contribution in [1.82, 2.24) is 0 Å². The summed E-state index contributed by atoms with van der Waals surface area (Å²) in [5.41, 5.74) is 1.49. The second-order valence-electron chi connectivity index (χ2n) is 3.19. The van der Waals surface area contributed by atoms with Gasteiger partial charge in [0, 0.05) is 0 Å². The first-order valence-electron chi connectivity index (χ1n) is 4.80. The first-order chi connectivity index (χ1) is 5.93. The lowest BCUT2D eigenvalue weighted by atomic mass is 10.0. The van der Waals surface area contributed by atoms with Crippen LogP contribution >= 0.6 is 0 Å². The summed E-state index contributed by atoms with van der Waals surface area (Å²) < 4.78 is 5.46. The van der Waals surface area contributed by atoms with E-state index in [1.165, 1.54) is 31.3 Å². The lowest BCUT2D eigenvalue weighted by Gasteiger charge is -2.11. The molecule has 0 saturated carbocycles. The molecule has 0 spiro atoms. The summed E-state index contributed by atoms with van der Waals surface area (Å²) in [4.78, 5) is 0. The van der Waals surface area contributed by atoms with Crippen molar-refractivity contribution in [2.45, 2.75) is 32.6 Å². The highest BCUT2D eigenvalue weighted by Gasteiger charge is 2.02. The molecule has 68 valence electrons. The SMILES string of the molecule is C/C=C/COCC1=CCCCC1. The molecule has 0 fully saturated rings. The predicted molar refractivity (Wildman–Crippen MR) is 52.2 cm³/mol. The van der Waals surface area contributed by atoms with Gasteiger partial charge in [0.2, 0.25) is 0 Å². The van der Waals surface area contributed by atoms with Crippen molar-refractivity contribution in [3.63, 3.8) is 0 Å². The molecule has 12 heavy (non-hydrogen) atoms. The van der Waals surface area contributed by atoms with E-state index in [4.69, 9.17) is 4.74 Å². The Morgan fingerprint density at radius 2 is 2.42 bits per heavy atom. The van der Waals surface area contributed by atoms with E-state index >= 15 is 0 Å². The molecule has 0 amide bonds. The van der Waals surface area contributed by atoms with Crippen LogP contribution in [0.2, 0.25) is 0 Å². The van der Waals surface area contributed by atoms with Crippen LogP contribution in [0.15, 0.2) is 23.8 Å². The van der Waals surface area contributed by atoms with Gasteiger partial charge in [-0.25, -0.2) is 0 Å². The maximum Gasteiger partial charge on any atom is 0.0681 e. The average Bonchev–Trinajstić information content (AvgIpc) is 2.14. The molecule has 0 aromatic heterocycles. The fourth-order valence-electron chi connectivity index (χ4n) is 1.39. The number of hydrogen-bond acceptors (Lipinski definition) is 1. The van der Waals surface area contributed by atoms with E-state index in [1.807, 2.05) is 19.1 Å². The van der Waals surface area contributed by atoms with Crippen LogP contribution in [0.3, 0.4) is 0 Å². The van der Waals surface area contributed by atoms with Gasteiger partial charge in [0.25, 0.3) is 0 Å². The number of rotatable bonds is 4. The minimum absolute atomic E-state index is 0.758. The number of allylic oxidation sites excluding steroid dienone is 2. The van der Waals surface area contributed by atoms with E-state index < -0.39 is 0 Å². The molecule has 1 heteroatoms. The van der Waals surface area contributed by atoms with Crippen LogP contribution in [-0.2, 0) is 4.74 Å². The lowest BCUT2D eigenvalue weighted by Crippen LogP contribution is -2.01. The summed E-state index contributed by atoms with van der Waals surface area (Å²) in [7, 11) is 0. The van der Waals surface area contributed by atoms with Gasteiger partial charge in [-0.3, -0.25) is 0 Å². The van der Waals surface area contributed by atoms with Gasteiger partial charge in [-0.05, 0) is 38.2 Å². The van der Waals surface area contributed by atoms with E-state index in [-0.39, 0.29) is 0 Å². The molecule has 0 atom stereocenters. The molecule has 0 aromatic rings. The topological polar surface area (TPSA) is 9.23 Å². The smallest absolute Gasteiger partial charge is 0.0681 e. The molecule has 0 radical (unpaired) electrons. The van der Waals surface area contributed by atoms with Gasteiger partial charge in [-0.2, -0.15) is 0 Å². The molecule has 0 N–H and O–H groups in total. The first-order valence-corrected chi connectivity index (χ1v) is 4.80. The van der Waals surface area contributed by atoms with E-state index in [2.05, 4.69) is 6.08 Å². The van der Waals surface area contributed by atoms with Crippen LogP contribution in [0, 0.1) is 0 Å². The fourth-order valence-corrected chi connectivity index (χ4v) is 1.39. The molecule has 0 aromatic carbocycles. The third-order valence-electron chi connectivity index (χ3n) is 2.12. The van der Waals surface area contributed by atoms with E-state index in [9.17, 15) is 0 Å². The number of hydrogen-bond donors (Lipinski definition) is 0. The van der Waals surface area contributed by atoms with Crippen LogP contribution in [-0.4, -0.2) is 13.2 Å². The molecule has 1 nitrogen and oxygen atoms in total. The van der Waals surface area contributed by atoms with Gasteiger partial charge in [0.15, 0.2) is 0 Å². The maximum atomic E-state index is 5.46. The minimum atomic E-state index is 0.758. The molecule has 0 heterocycles. The standard InChI is InChI=1S/C11H18O/c1-2-3-9-12-10-11-7-5-4-6-8-11/h2-3,7H,4-6,8-10H2,1H3/b3-2+. The van der Waals surface area contributed by atoms with Gasteiger partial charge in [0.05, 0.1) is 13.2 Å². The lowest BCUT2D eigenvalue weighted by molar-refractivity contribution is 0.183. The summed E-state index contributed by atoms with van der Waals surface area (Å²) in [6.45, 7) is 3.61. The third-order valence-corrected chi connectivity index (χ3v) is 2.12. The second-order valence-corrected chi connectivity index (χ2v) is 3.19. The van der Waals surface area contributed by atoms with Crippen molar-refractivity contribution in [2.24, 2.45) is 0 Å². The van der Waals surface area contributed by atoms with Crippen molar-refractivity contribution in [2.75, 3.05) is 13.2 Å². The Kier molecular flexibility index (Phi) is 4.77. The largest absolute Gasteiger partial charge is 0.373 e. The molecule has 1 aliphatic rings. The normalized spacial score (nSPS) is 18.2. The highest BCUT2D eigenvalue weighted by Crippen LogP contribution is 2.17. The average molecular weight is 166 g/mol.